The molecule has 3 heterocycles. The van der Waals surface area contributed by atoms with Gasteiger partial charge >= 0.3 is 23.5 Å². The minimum atomic E-state index is -5.56. The van der Waals surface area contributed by atoms with Crippen molar-refractivity contribution in [1.29, 1.82) is 0 Å². The van der Waals surface area contributed by atoms with Gasteiger partial charge in [0, 0.05) is 0 Å². The molecule has 3 aliphatic rings. The molecule has 6 N–H and O–H groups in total. The van der Waals surface area contributed by atoms with E-state index < -0.39 is 36.2 Å². The number of aliphatic imine (C=N–C) groups is 1. The van der Waals surface area contributed by atoms with E-state index in [1.54, 1.807) is 5.01 Å². The zero-order valence-corrected chi connectivity index (χ0v) is 18.2. The molecule has 1 fully saturated rings. The summed E-state index contributed by atoms with van der Waals surface area (Å²) in [5, 5.41) is 5.90. The van der Waals surface area contributed by atoms with Crippen LogP contribution in [0.3, 0.4) is 0 Å². The molecule has 0 amide bonds. The molecule has 1 saturated heterocycles. The largest absolute Gasteiger partial charge is 0.490 e. The molecule has 6 atom stereocenters. The van der Waals surface area contributed by atoms with Crippen LogP contribution in [0, 0.1) is 5.92 Å². The number of ether oxygens (including phenoxy) is 1. The van der Waals surface area contributed by atoms with Crippen molar-refractivity contribution in [2.75, 3.05) is 6.61 Å². The summed E-state index contributed by atoms with van der Waals surface area (Å²) >= 11 is 0. The first-order chi connectivity index (χ1) is 13.8. The van der Waals surface area contributed by atoms with Crippen molar-refractivity contribution < 1.29 is 51.2 Å². The molecule has 3 rings (SSSR count). The van der Waals surface area contributed by atoms with Crippen molar-refractivity contribution in [1.82, 2.24) is 5.01 Å². The van der Waals surface area contributed by atoms with Crippen molar-refractivity contribution >= 4 is 35.6 Å². The van der Waals surface area contributed by atoms with Crippen LogP contribution in [0.5, 0.6) is 0 Å². The van der Waals surface area contributed by atoms with Crippen LogP contribution in [0.15, 0.2) is 21.9 Å². The number of phosphoric acid groups is 3. The van der Waals surface area contributed by atoms with Gasteiger partial charge in [0.1, 0.15) is 6.34 Å². The Hall–Kier alpha value is -0.950. The van der Waals surface area contributed by atoms with E-state index in [1.807, 2.05) is 13.0 Å². The second-order valence-electron chi connectivity index (χ2n) is 6.80. The van der Waals surface area contributed by atoms with Crippen LogP contribution < -0.4 is 5.73 Å². The van der Waals surface area contributed by atoms with E-state index >= 15 is 0 Å². The van der Waals surface area contributed by atoms with Crippen molar-refractivity contribution in [3.63, 3.8) is 0 Å². The summed E-state index contributed by atoms with van der Waals surface area (Å²) in [5.74, 6) is 0.343. The number of hydrazone groups is 1. The highest BCUT2D eigenvalue weighted by molar-refractivity contribution is 7.66. The van der Waals surface area contributed by atoms with E-state index in [1.165, 1.54) is 6.34 Å². The first-order valence-corrected chi connectivity index (χ1v) is 13.1. The van der Waals surface area contributed by atoms with Crippen molar-refractivity contribution in [2.45, 2.75) is 38.0 Å². The lowest BCUT2D eigenvalue weighted by molar-refractivity contribution is -0.0272. The molecule has 0 aromatic heterocycles. The lowest BCUT2D eigenvalue weighted by Crippen LogP contribution is -2.42. The molecule has 30 heavy (non-hydrogen) atoms. The number of nitrogens with two attached hydrogens (primary N) is 1. The average molecular weight is 490 g/mol. The second-order valence-corrected chi connectivity index (χ2v) is 11.2. The Morgan fingerprint density at radius 2 is 1.93 bits per heavy atom. The fourth-order valence-corrected chi connectivity index (χ4v) is 6.53. The number of rotatable bonds is 8. The number of nitrogens with zero attached hydrogens (tertiary/aromatic N) is 3. The summed E-state index contributed by atoms with van der Waals surface area (Å²) in [4.78, 5) is 39.7. The summed E-state index contributed by atoms with van der Waals surface area (Å²) in [5.41, 5.74) is 6.52. The maximum absolute atomic E-state index is 11.8. The summed E-state index contributed by atoms with van der Waals surface area (Å²) in [7, 11) is -16.2. The van der Waals surface area contributed by atoms with Gasteiger partial charge in [-0.15, -0.1) is 0 Å². The van der Waals surface area contributed by atoms with Gasteiger partial charge in [-0.3, -0.25) is 9.53 Å². The molecule has 0 spiro atoms. The topological polar surface area (TPSA) is 223 Å². The molecule has 0 saturated carbocycles. The highest BCUT2D eigenvalue weighted by Gasteiger charge is 2.45. The van der Waals surface area contributed by atoms with Gasteiger partial charge in [0.05, 0.1) is 30.6 Å². The first kappa shape index (κ1) is 23.7. The normalized spacial score (nSPS) is 32.9. The van der Waals surface area contributed by atoms with Crippen LogP contribution in [-0.4, -0.2) is 61.6 Å². The third kappa shape index (κ3) is 5.84. The van der Waals surface area contributed by atoms with E-state index in [9.17, 15) is 18.6 Å². The molecule has 3 aliphatic heterocycles. The minimum absolute atomic E-state index is 0.00701. The first-order valence-electron chi connectivity index (χ1n) is 8.56. The Balaban J connectivity index is 1.55. The van der Waals surface area contributed by atoms with Crippen molar-refractivity contribution in [2.24, 2.45) is 21.7 Å². The smallest absolute Gasteiger partial charge is 0.382 e. The van der Waals surface area contributed by atoms with Gasteiger partial charge in [-0.05, 0) is 18.8 Å². The van der Waals surface area contributed by atoms with E-state index in [0.29, 0.717) is 24.4 Å². The molecular formula is C12H21N4O11P3. The fourth-order valence-electron chi connectivity index (χ4n) is 3.48. The summed E-state index contributed by atoms with van der Waals surface area (Å²) < 4.78 is 51.8. The predicted molar refractivity (Wildman–Crippen MR) is 101 cm³/mol. The second kappa shape index (κ2) is 8.53. The SMILES string of the molecule is CC1CC(COP(=O)(O)OP(=O)(O)OP(=O)(O)O)OC1C1CC=C2C(N)=NC=NN21. The molecule has 15 nitrogen and oxygen atoms in total. The van der Waals surface area contributed by atoms with Crippen LogP contribution in [0.4, 0.5) is 0 Å². The number of phosphoric ester groups is 1. The van der Waals surface area contributed by atoms with Gasteiger partial charge in [-0.2, -0.15) is 13.7 Å². The maximum atomic E-state index is 11.8. The van der Waals surface area contributed by atoms with Crippen LogP contribution >= 0.6 is 23.5 Å². The lowest BCUT2D eigenvalue weighted by Gasteiger charge is -2.31. The van der Waals surface area contributed by atoms with Gasteiger partial charge in [0.15, 0.2) is 5.84 Å². The monoisotopic (exact) mass is 490 g/mol. The molecule has 0 aromatic rings. The number of hydrogen-bond donors (Lipinski definition) is 5. The highest BCUT2D eigenvalue weighted by atomic mass is 31.3. The summed E-state index contributed by atoms with van der Waals surface area (Å²) in [6.07, 6.45) is 3.27. The Morgan fingerprint density at radius 1 is 1.23 bits per heavy atom. The van der Waals surface area contributed by atoms with E-state index in [-0.39, 0.29) is 18.1 Å². The molecular weight excluding hydrogens is 469 g/mol. The molecule has 0 aliphatic carbocycles. The van der Waals surface area contributed by atoms with E-state index in [4.69, 9.17) is 25.2 Å². The van der Waals surface area contributed by atoms with E-state index in [2.05, 4.69) is 23.2 Å². The molecule has 0 bridgehead atoms. The zero-order chi connectivity index (χ0) is 22.3. The molecule has 0 radical (unpaired) electrons. The predicted octanol–water partition coefficient (Wildman–Crippen LogP) is 0.396. The van der Waals surface area contributed by atoms with Crippen LogP contribution in [0.1, 0.15) is 19.8 Å². The van der Waals surface area contributed by atoms with Crippen LogP contribution in [0.2, 0.25) is 0 Å². The van der Waals surface area contributed by atoms with Gasteiger partial charge in [0.25, 0.3) is 0 Å². The zero-order valence-electron chi connectivity index (χ0n) is 15.5. The molecule has 170 valence electrons. The quantitative estimate of drug-likeness (QED) is 0.291. The number of amidine groups is 1. The number of fused-ring (bicyclic) bond motifs is 1. The van der Waals surface area contributed by atoms with Crippen molar-refractivity contribution in [3.05, 3.63) is 11.8 Å². The Labute approximate surface area is 170 Å². The standard InChI is InChI=1S/C12H21N4O11P3/c1-7-4-8(5-24-29(20,21)27-30(22,23)26-28(17,18)19)25-11(7)9-2-3-10-12(13)14-6-15-16(9)10/h3,6-9,11H,2,4-5H2,1H3,(H,20,21)(H,22,23)(H2,13,14,15)(H2,17,18,19). The van der Waals surface area contributed by atoms with Gasteiger partial charge in [-0.25, -0.2) is 18.7 Å². The average Bonchev–Trinajstić information content (AvgIpc) is 3.13. The van der Waals surface area contributed by atoms with Gasteiger partial charge in [0.2, 0.25) is 0 Å². The molecule has 6 unspecified atom stereocenters. The Kier molecular flexibility index (Phi) is 6.74. The summed E-state index contributed by atoms with van der Waals surface area (Å²) in [6.45, 7) is 1.43. The van der Waals surface area contributed by atoms with E-state index in [0.717, 1.165) is 0 Å². The van der Waals surface area contributed by atoms with Gasteiger partial charge < -0.3 is 30.0 Å². The van der Waals surface area contributed by atoms with Crippen LogP contribution in [0.25, 0.3) is 0 Å². The highest BCUT2D eigenvalue weighted by Crippen LogP contribution is 2.66. The Bertz CT molecular complexity index is 917. The fraction of sp³-hybridized carbons (Fsp3) is 0.667. The lowest BCUT2D eigenvalue weighted by atomic mass is 9.95. The summed E-state index contributed by atoms with van der Waals surface area (Å²) in [6, 6.07) is -0.170. The maximum Gasteiger partial charge on any atom is 0.490 e. The molecule has 0 aromatic carbocycles. The molecule has 18 heteroatoms. The number of hydrogen-bond acceptors (Lipinski definition) is 11. The van der Waals surface area contributed by atoms with Crippen molar-refractivity contribution in [3.8, 4) is 0 Å². The minimum Gasteiger partial charge on any atom is -0.382 e. The van der Waals surface area contributed by atoms with Crippen LogP contribution in [-0.2, 0) is 31.6 Å². The third-order valence-electron chi connectivity index (χ3n) is 4.51. The Morgan fingerprint density at radius 3 is 2.60 bits per heavy atom. The third-order valence-corrected chi connectivity index (χ3v) is 8.32. The van der Waals surface area contributed by atoms with Gasteiger partial charge in [-0.1, -0.05) is 13.0 Å².